The van der Waals surface area contributed by atoms with E-state index in [-0.39, 0.29) is 30.1 Å². The van der Waals surface area contributed by atoms with Gasteiger partial charge in [0.1, 0.15) is 11.4 Å². The van der Waals surface area contributed by atoms with Gasteiger partial charge in [-0.3, -0.25) is 14.5 Å². The van der Waals surface area contributed by atoms with Crippen LogP contribution in [0.1, 0.15) is 93.5 Å². The van der Waals surface area contributed by atoms with E-state index >= 15 is 0 Å². The third kappa shape index (κ3) is 4.45. The Kier molecular flexibility index (Phi) is 6.10. The van der Waals surface area contributed by atoms with Crippen LogP contribution < -0.4 is 15.8 Å². The fourth-order valence-corrected chi connectivity index (χ4v) is 5.98. The average Bonchev–Trinajstić information content (AvgIpc) is 3.06. The summed E-state index contributed by atoms with van der Waals surface area (Å²) in [6.45, 7) is 11.7. The van der Waals surface area contributed by atoms with E-state index in [1.54, 1.807) is 30.0 Å². The van der Waals surface area contributed by atoms with Gasteiger partial charge >= 0.3 is 0 Å². The first-order valence-corrected chi connectivity index (χ1v) is 13.3. The number of nitrogens with two attached hydrogens (primary N) is 1. The minimum Gasteiger partial charge on any atom is -0.487 e. The first kappa shape index (κ1) is 26.2. The summed E-state index contributed by atoms with van der Waals surface area (Å²) in [7, 11) is 0. The number of benzene rings is 2. The number of guanidine groups is 1. The number of hydrogen-bond donors (Lipinski definition) is 3. The van der Waals surface area contributed by atoms with Crippen molar-refractivity contribution in [1.29, 1.82) is 0 Å². The summed E-state index contributed by atoms with van der Waals surface area (Å²) >= 11 is 0. The van der Waals surface area contributed by atoms with Gasteiger partial charge in [0.05, 0.1) is 29.6 Å². The zero-order valence-corrected chi connectivity index (χ0v) is 23.0. The molecule has 202 valence electrons. The Morgan fingerprint density at radius 1 is 1.13 bits per heavy atom. The Bertz CT molecular complexity index is 1330. The summed E-state index contributed by atoms with van der Waals surface area (Å²) < 4.78 is 6.25. The molecule has 1 aliphatic carbocycles. The van der Waals surface area contributed by atoms with Gasteiger partial charge in [-0.2, -0.15) is 0 Å². The minimum atomic E-state index is -1.10. The second kappa shape index (κ2) is 8.83. The van der Waals surface area contributed by atoms with Crippen LogP contribution in [-0.2, 0) is 11.2 Å². The largest absolute Gasteiger partial charge is 0.487 e. The van der Waals surface area contributed by atoms with Crippen molar-refractivity contribution in [3.05, 3.63) is 64.7 Å². The number of ether oxygens (including phenoxy) is 1. The zero-order chi connectivity index (χ0) is 27.6. The third-order valence-electron chi connectivity index (χ3n) is 8.46. The van der Waals surface area contributed by atoms with E-state index in [1.165, 1.54) is 0 Å². The Balaban J connectivity index is 1.49. The first-order valence-electron chi connectivity index (χ1n) is 13.3. The van der Waals surface area contributed by atoms with Gasteiger partial charge in [-0.25, -0.2) is 4.99 Å². The topological polar surface area (TPSA) is 117 Å². The maximum Gasteiger partial charge on any atom is 0.251 e. The van der Waals surface area contributed by atoms with Crippen LogP contribution >= 0.6 is 0 Å². The second-order valence-electron chi connectivity index (χ2n) is 12.4. The van der Waals surface area contributed by atoms with Crippen LogP contribution in [0.5, 0.6) is 5.75 Å². The monoisotopic (exact) mass is 518 g/mol. The van der Waals surface area contributed by atoms with Gasteiger partial charge < -0.3 is 20.9 Å². The van der Waals surface area contributed by atoms with Crippen LogP contribution in [0.15, 0.2) is 47.5 Å². The van der Waals surface area contributed by atoms with E-state index < -0.39 is 28.8 Å². The maximum absolute atomic E-state index is 13.5. The molecule has 8 nitrogen and oxygen atoms in total. The molecule has 8 heteroatoms. The van der Waals surface area contributed by atoms with Crippen LogP contribution in [0.25, 0.3) is 0 Å². The minimum absolute atomic E-state index is 0.0872. The number of amides is 2. The van der Waals surface area contributed by atoms with E-state index in [0.717, 1.165) is 16.7 Å². The van der Waals surface area contributed by atoms with Crippen molar-refractivity contribution in [2.45, 2.75) is 89.6 Å². The van der Waals surface area contributed by atoms with Crippen LogP contribution in [-0.4, -0.2) is 44.5 Å². The standard InChI is InChI=1S/C30H38N4O4/c1-17(2)29(5)16-24(35)34(27(31)33-29)22-15-28(3,4)38-23-12-11-18(13-21(22)23)26(36)32-25-20-10-8-7-9-19(20)14-30(25,6)37/h7-13,17,22,25,37H,14-16H2,1-6H3,(H2,31,33)(H,32,36)/t22-,25-,29+,30?/m1/s1. The van der Waals surface area contributed by atoms with E-state index in [4.69, 9.17) is 15.5 Å². The summed E-state index contributed by atoms with van der Waals surface area (Å²) in [4.78, 5) is 33.3. The van der Waals surface area contributed by atoms with Gasteiger partial charge in [-0.15, -0.1) is 0 Å². The number of aliphatic hydroxyl groups is 1. The maximum atomic E-state index is 13.5. The highest BCUT2D eigenvalue weighted by atomic mass is 16.5. The molecule has 0 saturated heterocycles. The second-order valence-corrected chi connectivity index (χ2v) is 12.4. The quantitative estimate of drug-likeness (QED) is 0.565. The lowest BCUT2D eigenvalue weighted by atomic mass is 9.82. The number of carbonyl (C=O) groups is 2. The fourth-order valence-electron chi connectivity index (χ4n) is 5.98. The molecule has 2 heterocycles. The number of nitrogens with zero attached hydrogens (tertiary/aromatic N) is 2. The van der Waals surface area contributed by atoms with Gasteiger partial charge in [0.15, 0.2) is 5.96 Å². The molecule has 2 aromatic carbocycles. The number of aliphatic imine (C=N–C) groups is 1. The van der Waals surface area contributed by atoms with E-state index in [9.17, 15) is 14.7 Å². The number of fused-ring (bicyclic) bond motifs is 2. The number of carbonyl (C=O) groups excluding carboxylic acids is 2. The van der Waals surface area contributed by atoms with Crippen LogP contribution in [0.2, 0.25) is 0 Å². The van der Waals surface area contributed by atoms with Crippen LogP contribution in [0, 0.1) is 5.92 Å². The summed E-state index contributed by atoms with van der Waals surface area (Å²) in [6.07, 6.45) is 1.22. The van der Waals surface area contributed by atoms with Crippen LogP contribution in [0.4, 0.5) is 0 Å². The van der Waals surface area contributed by atoms with Crippen molar-refractivity contribution < 1.29 is 19.4 Å². The van der Waals surface area contributed by atoms with Crippen molar-refractivity contribution in [3.8, 4) is 5.75 Å². The van der Waals surface area contributed by atoms with Crippen LogP contribution in [0.3, 0.4) is 0 Å². The number of nitrogens with one attached hydrogen (secondary N) is 1. The lowest BCUT2D eigenvalue weighted by Crippen LogP contribution is -2.55. The highest BCUT2D eigenvalue weighted by Crippen LogP contribution is 2.45. The molecule has 4 atom stereocenters. The fraction of sp³-hybridized carbons (Fsp3) is 0.500. The molecule has 0 radical (unpaired) electrons. The van der Waals surface area contributed by atoms with Crippen molar-refractivity contribution in [1.82, 2.24) is 10.2 Å². The molecule has 0 saturated carbocycles. The molecular weight excluding hydrogens is 480 g/mol. The lowest BCUT2D eigenvalue weighted by molar-refractivity contribution is -0.133. The normalized spacial score (nSPS) is 29.8. The Morgan fingerprint density at radius 3 is 2.53 bits per heavy atom. The van der Waals surface area contributed by atoms with E-state index in [1.807, 2.05) is 58.9 Å². The molecular formula is C30H38N4O4. The Morgan fingerprint density at radius 2 is 1.84 bits per heavy atom. The molecule has 4 N–H and O–H groups in total. The third-order valence-corrected chi connectivity index (χ3v) is 8.46. The molecule has 2 amide bonds. The highest BCUT2D eigenvalue weighted by molar-refractivity contribution is 6.00. The summed E-state index contributed by atoms with van der Waals surface area (Å²) in [5, 5.41) is 14.1. The van der Waals surface area contributed by atoms with E-state index in [0.29, 0.717) is 24.2 Å². The molecule has 0 spiro atoms. The number of rotatable bonds is 4. The van der Waals surface area contributed by atoms with Gasteiger partial charge in [0.2, 0.25) is 5.91 Å². The Hall–Kier alpha value is -3.39. The highest BCUT2D eigenvalue weighted by Gasteiger charge is 2.46. The molecule has 0 aromatic heterocycles. The molecule has 1 unspecified atom stereocenters. The van der Waals surface area contributed by atoms with Crippen molar-refractivity contribution in [2.75, 3.05) is 0 Å². The summed E-state index contributed by atoms with van der Waals surface area (Å²) in [5.41, 5.74) is 7.32. The predicted molar refractivity (Wildman–Crippen MR) is 146 cm³/mol. The number of hydrogen-bond acceptors (Lipinski definition) is 6. The molecule has 2 aliphatic heterocycles. The van der Waals surface area contributed by atoms with Crippen molar-refractivity contribution in [3.63, 3.8) is 0 Å². The molecule has 0 bridgehead atoms. The van der Waals surface area contributed by atoms with E-state index in [2.05, 4.69) is 5.32 Å². The molecule has 5 rings (SSSR count). The predicted octanol–water partition coefficient (Wildman–Crippen LogP) is 4.03. The summed E-state index contributed by atoms with van der Waals surface area (Å²) in [5.74, 6) is 0.560. The molecule has 3 aliphatic rings. The molecule has 0 fully saturated rings. The van der Waals surface area contributed by atoms with Gasteiger partial charge in [0, 0.05) is 24.0 Å². The smallest absolute Gasteiger partial charge is 0.251 e. The zero-order valence-electron chi connectivity index (χ0n) is 23.0. The van der Waals surface area contributed by atoms with Crippen molar-refractivity contribution in [2.24, 2.45) is 16.6 Å². The molecule has 2 aromatic rings. The molecule has 38 heavy (non-hydrogen) atoms. The summed E-state index contributed by atoms with van der Waals surface area (Å²) in [6, 6.07) is 12.1. The van der Waals surface area contributed by atoms with Gasteiger partial charge in [-0.05, 0) is 62.9 Å². The van der Waals surface area contributed by atoms with Crippen molar-refractivity contribution >= 4 is 17.8 Å². The SMILES string of the molecule is CC(C)[C@]1(C)CC(=O)N([C@@H]2CC(C)(C)Oc3ccc(C(=O)N[C@@H]4c5ccccc5CC4(C)O)cc32)C(N)=N1. The first-order chi connectivity index (χ1) is 17.7. The Labute approximate surface area is 224 Å². The van der Waals surface area contributed by atoms with Gasteiger partial charge in [0.25, 0.3) is 5.91 Å². The lowest BCUT2D eigenvalue weighted by Gasteiger charge is -2.45. The average molecular weight is 519 g/mol. The van der Waals surface area contributed by atoms with Gasteiger partial charge in [-0.1, -0.05) is 38.1 Å².